The predicted molar refractivity (Wildman–Crippen MR) is 146 cm³/mol. The van der Waals surface area contributed by atoms with Gasteiger partial charge in [-0.25, -0.2) is 0 Å². The second-order valence-corrected chi connectivity index (χ2v) is 11.3. The average molecular weight is 461 g/mol. The molecule has 0 N–H and O–H groups in total. The molecule has 186 valence electrons. The zero-order valence-corrected chi connectivity index (χ0v) is 21.7. The van der Waals surface area contributed by atoms with Gasteiger partial charge in [0.1, 0.15) is 0 Å². The highest BCUT2D eigenvalue weighted by Crippen LogP contribution is 2.28. The van der Waals surface area contributed by atoms with E-state index >= 15 is 0 Å². The topological polar surface area (TPSA) is 6.48 Å². The Balaban J connectivity index is 1.19. The Labute approximate surface area is 209 Å². The Kier molecular flexibility index (Phi) is 10.5. The van der Waals surface area contributed by atoms with Crippen LogP contribution in [0.2, 0.25) is 0 Å². The third-order valence-corrected chi connectivity index (χ3v) is 8.52. The predicted octanol–water partition coefficient (Wildman–Crippen LogP) is 7.41. The number of aryl methyl sites for hydroxylation is 1. The summed E-state index contributed by atoms with van der Waals surface area (Å²) in [6.07, 6.45) is 15.3. The highest BCUT2D eigenvalue weighted by atomic mass is 15.1. The molecule has 4 rings (SSSR count). The van der Waals surface area contributed by atoms with Crippen LogP contribution in [0.3, 0.4) is 0 Å². The van der Waals surface area contributed by atoms with Gasteiger partial charge in [-0.15, -0.1) is 0 Å². The van der Waals surface area contributed by atoms with Gasteiger partial charge in [-0.1, -0.05) is 86.3 Å². The van der Waals surface area contributed by atoms with Gasteiger partial charge in [0.25, 0.3) is 0 Å². The van der Waals surface area contributed by atoms with Crippen molar-refractivity contribution in [2.24, 2.45) is 11.8 Å². The third-order valence-electron chi connectivity index (χ3n) is 8.52. The quantitative estimate of drug-likeness (QED) is 0.325. The van der Waals surface area contributed by atoms with Gasteiger partial charge in [0, 0.05) is 13.1 Å². The van der Waals surface area contributed by atoms with Crippen molar-refractivity contribution in [1.82, 2.24) is 9.80 Å². The number of hydrogen-bond acceptors (Lipinski definition) is 2. The number of hydrogen-bond donors (Lipinski definition) is 0. The third kappa shape index (κ3) is 8.54. The van der Waals surface area contributed by atoms with E-state index in [0.717, 1.165) is 11.8 Å². The van der Waals surface area contributed by atoms with E-state index in [1.165, 1.54) is 114 Å². The summed E-state index contributed by atoms with van der Waals surface area (Å²) in [7, 11) is 2.37. The standard InChI is InChI=1S/C32H48N2/c1-33(26-30-14-7-3-8-15-30)27-32(31-18-9-4-10-19-31)22-25-34-23-20-29(21-24-34)17-11-16-28-12-5-2-6-13-28/h2,4-6,9-10,12-13,18-19,29-30,32H,3,7-8,11,14-17,20-27H2,1H3/t32-/m1/s1. The maximum Gasteiger partial charge on any atom is 0.00478 e. The first-order valence-electron chi connectivity index (χ1n) is 14.3. The highest BCUT2D eigenvalue weighted by molar-refractivity contribution is 5.20. The van der Waals surface area contributed by atoms with Gasteiger partial charge < -0.3 is 9.80 Å². The van der Waals surface area contributed by atoms with Crippen molar-refractivity contribution in [3.05, 3.63) is 71.8 Å². The molecule has 1 atom stereocenters. The minimum atomic E-state index is 0.651. The Hall–Kier alpha value is -1.64. The van der Waals surface area contributed by atoms with Gasteiger partial charge in [0.05, 0.1) is 0 Å². The zero-order chi connectivity index (χ0) is 23.4. The normalized spacial score (nSPS) is 19.5. The van der Waals surface area contributed by atoms with Crippen molar-refractivity contribution in [3.8, 4) is 0 Å². The molecule has 2 fully saturated rings. The summed E-state index contributed by atoms with van der Waals surface area (Å²) in [5.41, 5.74) is 3.04. The number of nitrogens with zero attached hydrogens (tertiary/aromatic N) is 2. The largest absolute Gasteiger partial charge is 0.305 e. The van der Waals surface area contributed by atoms with E-state index in [1.54, 1.807) is 0 Å². The van der Waals surface area contributed by atoms with Crippen LogP contribution in [-0.2, 0) is 6.42 Å². The number of benzene rings is 2. The Morgan fingerprint density at radius 2 is 1.50 bits per heavy atom. The SMILES string of the molecule is CN(CC1CCCCC1)C[C@@H](CCN1CCC(CCCc2ccccc2)CC1)c1ccccc1. The Bertz CT molecular complexity index is 775. The lowest BCUT2D eigenvalue weighted by molar-refractivity contribution is 0.166. The molecule has 0 spiro atoms. The molecule has 2 aromatic carbocycles. The first-order chi connectivity index (χ1) is 16.8. The molecular weight excluding hydrogens is 412 g/mol. The summed E-state index contributed by atoms with van der Waals surface area (Å²) in [5, 5.41) is 0. The van der Waals surface area contributed by atoms with Crippen molar-refractivity contribution in [2.75, 3.05) is 39.8 Å². The molecule has 2 aromatic rings. The van der Waals surface area contributed by atoms with Crippen LogP contribution in [-0.4, -0.2) is 49.6 Å². The van der Waals surface area contributed by atoms with Gasteiger partial charge in [-0.3, -0.25) is 0 Å². The lowest BCUT2D eigenvalue weighted by Crippen LogP contribution is -2.36. The minimum absolute atomic E-state index is 0.651. The summed E-state index contributed by atoms with van der Waals surface area (Å²) in [6, 6.07) is 22.3. The number of rotatable bonds is 12. The van der Waals surface area contributed by atoms with Crippen molar-refractivity contribution >= 4 is 0 Å². The second-order valence-electron chi connectivity index (χ2n) is 11.3. The molecule has 1 aliphatic heterocycles. The second kappa shape index (κ2) is 14.0. The molecule has 2 heteroatoms. The van der Waals surface area contributed by atoms with Crippen molar-refractivity contribution < 1.29 is 0 Å². The molecule has 1 aliphatic carbocycles. The van der Waals surface area contributed by atoms with Crippen LogP contribution in [0.1, 0.15) is 81.3 Å². The van der Waals surface area contributed by atoms with Crippen LogP contribution in [0, 0.1) is 11.8 Å². The van der Waals surface area contributed by atoms with Gasteiger partial charge in [0.2, 0.25) is 0 Å². The smallest absolute Gasteiger partial charge is 0.00478 e. The van der Waals surface area contributed by atoms with E-state index in [4.69, 9.17) is 0 Å². The van der Waals surface area contributed by atoms with E-state index in [9.17, 15) is 0 Å². The summed E-state index contributed by atoms with van der Waals surface area (Å²) in [4.78, 5) is 5.40. The lowest BCUT2D eigenvalue weighted by Gasteiger charge is -2.34. The summed E-state index contributed by atoms with van der Waals surface area (Å²) in [6.45, 7) is 6.35. The molecule has 1 heterocycles. The molecule has 0 amide bonds. The molecular formula is C32H48N2. The molecule has 0 radical (unpaired) electrons. The molecule has 1 saturated carbocycles. The minimum Gasteiger partial charge on any atom is -0.305 e. The number of likely N-dealkylation sites (tertiary alicyclic amines) is 1. The zero-order valence-electron chi connectivity index (χ0n) is 21.7. The van der Waals surface area contributed by atoms with Crippen LogP contribution in [0.4, 0.5) is 0 Å². The van der Waals surface area contributed by atoms with E-state index < -0.39 is 0 Å². The van der Waals surface area contributed by atoms with Gasteiger partial charge >= 0.3 is 0 Å². The van der Waals surface area contributed by atoms with E-state index in [0.29, 0.717) is 5.92 Å². The molecule has 1 saturated heterocycles. The van der Waals surface area contributed by atoms with Crippen LogP contribution >= 0.6 is 0 Å². The highest BCUT2D eigenvalue weighted by Gasteiger charge is 2.22. The maximum atomic E-state index is 2.75. The van der Waals surface area contributed by atoms with Gasteiger partial charge in [0.15, 0.2) is 0 Å². The van der Waals surface area contributed by atoms with Gasteiger partial charge in [-0.05, 0) is 101 Å². The average Bonchev–Trinajstić information content (AvgIpc) is 2.89. The van der Waals surface area contributed by atoms with Gasteiger partial charge in [-0.2, -0.15) is 0 Å². The molecule has 0 unspecified atom stereocenters. The maximum absolute atomic E-state index is 2.75. The fourth-order valence-corrected chi connectivity index (χ4v) is 6.43. The van der Waals surface area contributed by atoms with E-state index in [1.807, 2.05) is 0 Å². The fraction of sp³-hybridized carbons (Fsp3) is 0.625. The Morgan fingerprint density at radius 1 is 0.824 bits per heavy atom. The molecule has 2 nitrogen and oxygen atoms in total. The number of likely N-dealkylation sites (N-methyl/N-ethyl adjacent to an activating group) is 1. The lowest BCUT2D eigenvalue weighted by atomic mass is 9.88. The van der Waals surface area contributed by atoms with E-state index in [-0.39, 0.29) is 0 Å². The molecule has 2 aliphatic rings. The Morgan fingerprint density at radius 3 is 2.21 bits per heavy atom. The summed E-state index contributed by atoms with van der Waals surface area (Å²) < 4.78 is 0. The van der Waals surface area contributed by atoms with E-state index in [2.05, 4.69) is 77.5 Å². The first kappa shape index (κ1) is 25.5. The van der Waals surface area contributed by atoms with Crippen molar-refractivity contribution in [1.29, 1.82) is 0 Å². The van der Waals surface area contributed by atoms with Crippen LogP contribution in [0.15, 0.2) is 60.7 Å². The fourth-order valence-electron chi connectivity index (χ4n) is 6.43. The molecule has 0 aromatic heterocycles. The summed E-state index contributed by atoms with van der Waals surface area (Å²) in [5.74, 6) is 2.51. The monoisotopic (exact) mass is 460 g/mol. The first-order valence-corrected chi connectivity index (χ1v) is 14.3. The summed E-state index contributed by atoms with van der Waals surface area (Å²) >= 11 is 0. The number of piperidine rings is 1. The van der Waals surface area contributed by atoms with Crippen molar-refractivity contribution in [3.63, 3.8) is 0 Å². The van der Waals surface area contributed by atoms with Crippen molar-refractivity contribution in [2.45, 2.75) is 76.5 Å². The van der Waals surface area contributed by atoms with Crippen LogP contribution in [0.5, 0.6) is 0 Å². The van der Waals surface area contributed by atoms with Crippen LogP contribution in [0.25, 0.3) is 0 Å². The molecule has 0 bridgehead atoms. The van der Waals surface area contributed by atoms with Crippen LogP contribution < -0.4 is 0 Å². The molecule has 34 heavy (non-hydrogen) atoms.